The molecule has 1 fully saturated rings. The van der Waals surface area contributed by atoms with E-state index in [4.69, 9.17) is 16.3 Å². The first-order chi connectivity index (χ1) is 16.3. The maximum absolute atomic E-state index is 13.2. The number of hydrogen-bond acceptors (Lipinski definition) is 5. The number of ether oxygens (including phenoxy) is 1. The summed E-state index contributed by atoms with van der Waals surface area (Å²) in [5.74, 6) is -2.47. The van der Waals surface area contributed by atoms with E-state index in [1.807, 2.05) is 6.07 Å². The highest BCUT2D eigenvalue weighted by Gasteiger charge is 2.47. The van der Waals surface area contributed by atoms with Gasteiger partial charge in [0, 0.05) is 16.3 Å². The third-order valence-electron chi connectivity index (χ3n) is 5.38. The lowest BCUT2D eigenvalue weighted by Gasteiger charge is -2.25. The minimum absolute atomic E-state index is 0.0475. The molecule has 0 radical (unpaired) electrons. The standard InChI is InChI=1S/C27H22ClNO5/c1-16(2)34-27(33)19-9-6-10-21(15-19)29-23(17-7-4-3-5-8-17)22(25(31)26(29)32)24(30)18-11-13-20(28)14-12-18/h3-16,23,30H,1-2H3/b24-22+. The van der Waals surface area contributed by atoms with Crippen LogP contribution in [0.5, 0.6) is 0 Å². The van der Waals surface area contributed by atoms with Gasteiger partial charge in [-0.2, -0.15) is 0 Å². The zero-order valence-corrected chi connectivity index (χ0v) is 19.3. The molecule has 0 spiro atoms. The number of rotatable bonds is 5. The van der Waals surface area contributed by atoms with Gasteiger partial charge < -0.3 is 9.84 Å². The molecule has 4 rings (SSSR count). The van der Waals surface area contributed by atoms with E-state index in [1.54, 1.807) is 80.6 Å². The van der Waals surface area contributed by atoms with E-state index in [0.717, 1.165) is 0 Å². The Morgan fingerprint density at radius 2 is 1.62 bits per heavy atom. The molecule has 0 bridgehead atoms. The molecule has 1 aliphatic rings. The molecule has 172 valence electrons. The normalized spacial score (nSPS) is 17.3. The van der Waals surface area contributed by atoms with Crippen molar-refractivity contribution in [1.82, 2.24) is 0 Å². The lowest BCUT2D eigenvalue weighted by Crippen LogP contribution is -2.29. The van der Waals surface area contributed by atoms with Gasteiger partial charge in [-0.3, -0.25) is 14.5 Å². The first-order valence-corrected chi connectivity index (χ1v) is 11.1. The molecule has 6 nitrogen and oxygen atoms in total. The summed E-state index contributed by atoms with van der Waals surface area (Å²) in [6.07, 6.45) is -0.311. The van der Waals surface area contributed by atoms with Gasteiger partial charge in [0.2, 0.25) is 0 Å². The number of amides is 1. The summed E-state index contributed by atoms with van der Waals surface area (Å²) in [5, 5.41) is 11.6. The molecule has 1 N–H and O–H groups in total. The SMILES string of the molecule is CC(C)OC(=O)c1cccc(N2C(=O)C(=O)/C(=C(/O)c3ccc(Cl)cc3)C2c2ccccc2)c1. The Kier molecular flexibility index (Phi) is 6.52. The van der Waals surface area contributed by atoms with Crippen LogP contribution in [-0.4, -0.2) is 28.9 Å². The second-order valence-corrected chi connectivity index (χ2v) is 8.53. The molecule has 1 saturated heterocycles. The fourth-order valence-electron chi connectivity index (χ4n) is 3.88. The van der Waals surface area contributed by atoms with Gasteiger partial charge in [0.15, 0.2) is 0 Å². The number of Topliss-reactive ketones (excluding diaryl/α,β-unsaturated/α-hetero) is 1. The van der Waals surface area contributed by atoms with Crippen LogP contribution in [0.3, 0.4) is 0 Å². The predicted octanol–water partition coefficient (Wildman–Crippen LogP) is 5.53. The first kappa shape index (κ1) is 23.3. The van der Waals surface area contributed by atoms with Gasteiger partial charge in [-0.15, -0.1) is 0 Å². The summed E-state index contributed by atoms with van der Waals surface area (Å²) < 4.78 is 5.27. The fraction of sp³-hybridized carbons (Fsp3) is 0.148. The summed E-state index contributed by atoms with van der Waals surface area (Å²) in [7, 11) is 0. The van der Waals surface area contributed by atoms with Crippen molar-refractivity contribution in [2.75, 3.05) is 4.90 Å². The van der Waals surface area contributed by atoms with Crippen molar-refractivity contribution < 1.29 is 24.2 Å². The van der Waals surface area contributed by atoms with E-state index in [2.05, 4.69) is 0 Å². The lowest BCUT2D eigenvalue weighted by molar-refractivity contribution is -0.132. The average Bonchev–Trinajstić information content (AvgIpc) is 3.10. The topological polar surface area (TPSA) is 83.9 Å². The van der Waals surface area contributed by atoms with Crippen molar-refractivity contribution in [1.29, 1.82) is 0 Å². The highest BCUT2D eigenvalue weighted by atomic mass is 35.5. The molecule has 0 aromatic heterocycles. The van der Waals surface area contributed by atoms with Crippen molar-refractivity contribution in [3.05, 3.63) is 106 Å². The molecule has 0 saturated carbocycles. The summed E-state index contributed by atoms with van der Waals surface area (Å²) in [4.78, 5) is 40.2. The van der Waals surface area contributed by atoms with Crippen molar-refractivity contribution >= 4 is 40.7 Å². The number of hydrogen-bond donors (Lipinski definition) is 1. The molecule has 1 atom stereocenters. The van der Waals surface area contributed by atoms with E-state index in [-0.39, 0.29) is 23.0 Å². The highest BCUT2D eigenvalue weighted by Crippen LogP contribution is 2.42. The molecule has 3 aromatic carbocycles. The van der Waals surface area contributed by atoms with Gasteiger partial charge in [-0.1, -0.05) is 48.0 Å². The number of carbonyl (C=O) groups excluding carboxylic acids is 3. The van der Waals surface area contributed by atoms with Crippen LogP contribution in [0.1, 0.15) is 41.4 Å². The van der Waals surface area contributed by atoms with Crippen LogP contribution in [0.15, 0.2) is 84.4 Å². The number of esters is 1. The Bertz CT molecular complexity index is 1280. The van der Waals surface area contributed by atoms with Crippen LogP contribution in [0.4, 0.5) is 5.69 Å². The van der Waals surface area contributed by atoms with Gasteiger partial charge >= 0.3 is 5.97 Å². The largest absolute Gasteiger partial charge is 0.507 e. The number of aliphatic hydroxyl groups is 1. The summed E-state index contributed by atoms with van der Waals surface area (Å²) in [6, 6.07) is 20.7. The Balaban J connectivity index is 1.87. The number of aliphatic hydroxyl groups excluding tert-OH is 1. The number of nitrogens with zero attached hydrogens (tertiary/aromatic N) is 1. The number of halogens is 1. The van der Waals surface area contributed by atoms with Crippen molar-refractivity contribution in [3.63, 3.8) is 0 Å². The second kappa shape index (κ2) is 9.53. The third kappa shape index (κ3) is 4.45. The van der Waals surface area contributed by atoms with E-state index >= 15 is 0 Å². The van der Waals surface area contributed by atoms with Crippen molar-refractivity contribution in [3.8, 4) is 0 Å². The fourth-order valence-corrected chi connectivity index (χ4v) is 4.00. The van der Waals surface area contributed by atoms with Gasteiger partial charge in [0.1, 0.15) is 5.76 Å². The predicted molar refractivity (Wildman–Crippen MR) is 130 cm³/mol. The van der Waals surface area contributed by atoms with Gasteiger partial charge in [-0.25, -0.2) is 4.79 Å². The summed E-state index contributed by atoms with van der Waals surface area (Å²) in [6.45, 7) is 3.49. The molecular formula is C27H22ClNO5. The second-order valence-electron chi connectivity index (χ2n) is 8.09. The summed E-state index contributed by atoms with van der Waals surface area (Å²) >= 11 is 5.96. The van der Waals surface area contributed by atoms with E-state index in [9.17, 15) is 19.5 Å². The average molecular weight is 476 g/mol. The number of ketones is 1. The third-order valence-corrected chi connectivity index (χ3v) is 5.63. The number of carbonyl (C=O) groups is 3. The Labute approximate surface area is 202 Å². The Hall–Kier alpha value is -3.90. The smallest absolute Gasteiger partial charge is 0.338 e. The van der Waals surface area contributed by atoms with Crippen LogP contribution >= 0.6 is 11.6 Å². The van der Waals surface area contributed by atoms with Crippen LogP contribution in [-0.2, 0) is 14.3 Å². The van der Waals surface area contributed by atoms with Gasteiger partial charge in [-0.05, 0) is 61.9 Å². The maximum Gasteiger partial charge on any atom is 0.338 e. The highest BCUT2D eigenvalue weighted by molar-refractivity contribution is 6.51. The summed E-state index contributed by atoms with van der Waals surface area (Å²) in [5.41, 5.74) is 1.53. The minimum atomic E-state index is -0.895. The first-order valence-electron chi connectivity index (χ1n) is 10.7. The van der Waals surface area contributed by atoms with Gasteiger partial charge in [0.05, 0.1) is 23.3 Å². The van der Waals surface area contributed by atoms with E-state index in [1.165, 1.54) is 11.0 Å². The lowest BCUT2D eigenvalue weighted by atomic mass is 9.95. The zero-order valence-electron chi connectivity index (χ0n) is 18.6. The van der Waals surface area contributed by atoms with Crippen molar-refractivity contribution in [2.45, 2.75) is 26.0 Å². The maximum atomic E-state index is 13.2. The van der Waals surface area contributed by atoms with Crippen LogP contribution < -0.4 is 4.90 Å². The van der Waals surface area contributed by atoms with Crippen molar-refractivity contribution in [2.24, 2.45) is 0 Å². The van der Waals surface area contributed by atoms with Crippen LogP contribution in [0, 0.1) is 0 Å². The van der Waals surface area contributed by atoms with Crippen LogP contribution in [0.2, 0.25) is 5.02 Å². The minimum Gasteiger partial charge on any atom is -0.507 e. The number of anilines is 1. The molecule has 1 unspecified atom stereocenters. The molecule has 3 aromatic rings. The monoisotopic (exact) mass is 475 g/mol. The molecule has 34 heavy (non-hydrogen) atoms. The molecule has 1 amide bonds. The quantitative estimate of drug-likeness (QED) is 0.227. The molecule has 1 heterocycles. The molecule has 0 aliphatic carbocycles. The van der Waals surface area contributed by atoms with Crippen LogP contribution in [0.25, 0.3) is 5.76 Å². The molecule has 7 heteroatoms. The molecular weight excluding hydrogens is 454 g/mol. The Morgan fingerprint density at radius 3 is 2.26 bits per heavy atom. The van der Waals surface area contributed by atoms with E-state index < -0.39 is 23.7 Å². The molecule has 1 aliphatic heterocycles. The number of benzene rings is 3. The Morgan fingerprint density at radius 1 is 0.941 bits per heavy atom. The van der Waals surface area contributed by atoms with Gasteiger partial charge in [0.25, 0.3) is 11.7 Å². The zero-order chi connectivity index (χ0) is 24.4. The van der Waals surface area contributed by atoms with E-state index in [0.29, 0.717) is 21.8 Å².